The molecule has 0 radical (unpaired) electrons. The van der Waals surface area contributed by atoms with Crippen molar-refractivity contribution in [2.75, 3.05) is 11.4 Å². The van der Waals surface area contributed by atoms with Crippen LogP contribution in [0.25, 0.3) is 0 Å². The number of piperidine rings is 1. The van der Waals surface area contributed by atoms with Gasteiger partial charge in [0.25, 0.3) is 0 Å². The molecule has 1 saturated carbocycles. The lowest BCUT2D eigenvalue weighted by Crippen LogP contribution is -2.34. The molecule has 0 aromatic carbocycles. The van der Waals surface area contributed by atoms with Crippen LogP contribution >= 0.6 is 0 Å². The topological polar surface area (TPSA) is 28.2 Å². The molecule has 1 aromatic heterocycles. The Morgan fingerprint density at radius 2 is 2.33 bits per heavy atom. The molecular formula is C15H23N3. The van der Waals surface area contributed by atoms with Gasteiger partial charge in [-0.1, -0.05) is 19.9 Å². The van der Waals surface area contributed by atoms with Gasteiger partial charge in [-0.2, -0.15) is 0 Å². The van der Waals surface area contributed by atoms with Crippen molar-refractivity contribution in [1.82, 2.24) is 10.3 Å². The second-order valence-electron chi connectivity index (χ2n) is 6.01. The van der Waals surface area contributed by atoms with Crippen LogP contribution in [0.15, 0.2) is 18.3 Å². The monoisotopic (exact) mass is 245 g/mol. The van der Waals surface area contributed by atoms with E-state index in [2.05, 4.69) is 41.2 Å². The van der Waals surface area contributed by atoms with Crippen molar-refractivity contribution in [3.05, 3.63) is 23.9 Å². The van der Waals surface area contributed by atoms with Crippen LogP contribution in [0.5, 0.6) is 0 Å². The first-order valence-electron chi connectivity index (χ1n) is 7.18. The van der Waals surface area contributed by atoms with E-state index >= 15 is 0 Å². The van der Waals surface area contributed by atoms with E-state index in [9.17, 15) is 0 Å². The predicted octanol–water partition coefficient (Wildman–Crippen LogP) is 2.57. The summed E-state index contributed by atoms with van der Waals surface area (Å²) < 4.78 is 0. The molecule has 98 valence electrons. The molecule has 1 N–H and O–H groups in total. The molecule has 3 heteroatoms. The van der Waals surface area contributed by atoms with Crippen molar-refractivity contribution in [1.29, 1.82) is 0 Å². The summed E-state index contributed by atoms with van der Waals surface area (Å²) in [6.07, 6.45) is 6.10. The molecule has 1 aromatic rings. The van der Waals surface area contributed by atoms with Crippen LogP contribution in [0.1, 0.15) is 38.7 Å². The molecule has 1 aliphatic carbocycles. The minimum absolute atomic E-state index is 0.521. The van der Waals surface area contributed by atoms with Gasteiger partial charge >= 0.3 is 0 Å². The van der Waals surface area contributed by atoms with E-state index in [0.29, 0.717) is 6.04 Å². The van der Waals surface area contributed by atoms with Crippen molar-refractivity contribution < 1.29 is 0 Å². The fourth-order valence-corrected chi connectivity index (χ4v) is 3.33. The summed E-state index contributed by atoms with van der Waals surface area (Å²) in [6, 6.07) is 5.54. The maximum absolute atomic E-state index is 4.64. The Morgan fingerprint density at radius 3 is 3.00 bits per heavy atom. The van der Waals surface area contributed by atoms with Crippen LogP contribution in [0.2, 0.25) is 0 Å². The Morgan fingerprint density at radius 1 is 1.44 bits per heavy atom. The van der Waals surface area contributed by atoms with Crippen LogP contribution in [0.4, 0.5) is 5.82 Å². The zero-order valence-electron chi connectivity index (χ0n) is 11.4. The van der Waals surface area contributed by atoms with E-state index in [1.807, 2.05) is 6.20 Å². The number of hydrogen-bond donors (Lipinski definition) is 1. The third-order valence-electron chi connectivity index (χ3n) is 4.25. The van der Waals surface area contributed by atoms with Gasteiger partial charge in [0.05, 0.1) is 0 Å². The minimum atomic E-state index is 0.521. The summed E-state index contributed by atoms with van der Waals surface area (Å²) in [4.78, 5) is 7.19. The molecule has 2 fully saturated rings. The number of nitrogens with zero attached hydrogens (tertiary/aromatic N) is 2. The molecule has 18 heavy (non-hydrogen) atoms. The third-order valence-corrected chi connectivity index (χ3v) is 4.25. The molecule has 3 rings (SSSR count). The minimum Gasteiger partial charge on any atom is -0.353 e. The van der Waals surface area contributed by atoms with E-state index in [4.69, 9.17) is 0 Å². The fourth-order valence-electron chi connectivity index (χ4n) is 3.33. The molecule has 2 bridgehead atoms. The van der Waals surface area contributed by atoms with Gasteiger partial charge < -0.3 is 10.2 Å². The summed E-state index contributed by atoms with van der Waals surface area (Å²) in [6.45, 7) is 6.52. The van der Waals surface area contributed by atoms with Gasteiger partial charge in [-0.25, -0.2) is 4.98 Å². The molecule has 1 saturated heterocycles. The third kappa shape index (κ3) is 2.24. The van der Waals surface area contributed by atoms with Crippen LogP contribution in [0, 0.1) is 5.92 Å². The van der Waals surface area contributed by atoms with Gasteiger partial charge in [-0.3, -0.25) is 0 Å². The summed E-state index contributed by atoms with van der Waals surface area (Å²) >= 11 is 0. The highest BCUT2D eigenvalue weighted by Gasteiger charge is 2.38. The first kappa shape index (κ1) is 12.0. The average molecular weight is 245 g/mol. The Hall–Kier alpha value is -1.09. The van der Waals surface area contributed by atoms with Gasteiger partial charge in [-0.15, -0.1) is 0 Å². The largest absolute Gasteiger partial charge is 0.353 e. The van der Waals surface area contributed by atoms with Gasteiger partial charge in [0.2, 0.25) is 0 Å². The summed E-state index contributed by atoms with van der Waals surface area (Å²) in [5.74, 6) is 2.14. The molecule has 0 spiro atoms. The van der Waals surface area contributed by atoms with Crippen LogP contribution < -0.4 is 10.2 Å². The number of rotatable bonds is 4. The Balaban J connectivity index is 1.79. The van der Waals surface area contributed by atoms with Gasteiger partial charge in [0, 0.05) is 36.9 Å². The van der Waals surface area contributed by atoms with Crippen molar-refractivity contribution >= 4 is 5.82 Å². The van der Waals surface area contributed by atoms with Crippen LogP contribution in [0.3, 0.4) is 0 Å². The Bertz CT molecular complexity index is 416. The van der Waals surface area contributed by atoms with E-state index in [1.54, 1.807) is 0 Å². The SMILES string of the molecule is CC(C)NCc1cccnc1N1CC2CCC1C2. The first-order chi connectivity index (χ1) is 8.74. The van der Waals surface area contributed by atoms with Crippen molar-refractivity contribution in [3.8, 4) is 0 Å². The van der Waals surface area contributed by atoms with Gasteiger partial charge in [0.15, 0.2) is 0 Å². The fraction of sp³-hybridized carbons (Fsp3) is 0.667. The highest BCUT2D eigenvalue weighted by atomic mass is 15.2. The lowest BCUT2D eigenvalue weighted by atomic mass is 10.1. The normalized spacial score (nSPS) is 26.3. The molecule has 2 heterocycles. The lowest BCUT2D eigenvalue weighted by molar-refractivity contribution is 0.544. The van der Waals surface area contributed by atoms with E-state index in [1.165, 1.54) is 37.2 Å². The van der Waals surface area contributed by atoms with Gasteiger partial charge in [-0.05, 0) is 31.2 Å². The summed E-state index contributed by atoms with van der Waals surface area (Å²) in [5.41, 5.74) is 1.35. The number of nitrogens with one attached hydrogen (secondary N) is 1. The van der Waals surface area contributed by atoms with Crippen LogP contribution in [-0.2, 0) is 6.54 Å². The molecule has 3 nitrogen and oxygen atoms in total. The van der Waals surface area contributed by atoms with E-state index in [0.717, 1.165) is 18.5 Å². The molecule has 1 aliphatic heterocycles. The quantitative estimate of drug-likeness (QED) is 0.883. The molecule has 2 aliphatic rings. The van der Waals surface area contributed by atoms with E-state index in [-0.39, 0.29) is 0 Å². The standard InChI is InChI=1S/C15H23N3/c1-11(2)17-9-13-4-3-7-16-15(13)18-10-12-5-6-14(18)8-12/h3-4,7,11-12,14,17H,5-6,8-10H2,1-2H3. The summed E-state index contributed by atoms with van der Waals surface area (Å²) in [7, 11) is 0. The Kier molecular flexibility index (Phi) is 3.25. The van der Waals surface area contributed by atoms with Crippen molar-refractivity contribution in [2.24, 2.45) is 5.92 Å². The smallest absolute Gasteiger partial charge is 0.133 e. The number of pyridine rings is 1. The number of anilines is 1. The van der Waals surface area contributed by atoms with Gasteiger partial charge in [0.1, 0.15) is 5.82 Å². The number of aromatic nitrogens is 1. The average Bonchev–Trinajstić information content (AvgIpc) is 2.99. The number of hydrogen-bond acceptors (Lipinski definition) is 3. The summed E-state index contributed by atoms with van der Waals surface area (Å²) in [5, 5.41) is 3.50. The maximum atomic E-state index is 4.64. The number of fused-ring (bicyclic) bond motifs is 2. The highest BCUT2D eigenvalue weighted by Crippen LogP contribution is 2.40. The highest BCUT2D eigenvalue weighted by molar-refractivity contribution is 5.49. The molecule has 0 amide bonds. The van der Waals surface area contributed by atoms with Crippen LogP contribution in [-0.4, -0.2) is 23.6 Å². The molecule has 2 unspecified atom stereocenters. The molecular weight excluding hydrogens is 222 g/mol. The van der Waals surface area contributed by atoms with E-state index < -0.39 is 0 Å². The first-order valence-corrected chi connectivity index (χ1v) is 7.18. The van der Waals surface area contributed by atoms with Crippen molar-refractivity contribution in [3.63, 3.8) is 0 Å². The lowest BCUT2D eigenvalue weighted by Gasteiger charge is -2.30. The second kappa shape index (κ2) is 4.88. The zero-order chi connectivity index (χ0) is 12.5. The second-order valence-corrected chi connectivity index (χ2v) is 6.01. The molecule has 2 atom stereocenters. The Labute approximate surface area is 110 Å². The maximum Gasteiger partial charge on any atom is 0.133 e. The predicted molar refractivity (Wildman–Crippen MR) is 74.7 cm³/mol. The van der Waals surface area contributed by atoms with Crippen molar-refractivity contribution in [2.45, 2.75) is 51.7 Å². The zero-order valence-corrected chi connectivity index (χ0v) is 11.4.